The molecule has 0 fully saturated rings. The van der Waals surface area contributed by atoms with E-state index in [0.29, 0.717) is 5.69 Å². The highest BCUT2D eigenvalue weighted by Gasteiger charge is 2.36. The van der Waals surface area contributed by atoms with Gasteiger partial charge in [-0.05, 0) is 35.9 Å². The molecule has 20 heavy (non-hydrogen) atoms. The molecule has 0 atom stereocenters. The van der Waals surface area contributed by atoms with E-state index in [-0.39, 0.29) is 29.6 Å². The fraction of sp³-hybridized carbons (Fsp3) is 0.385. The standard InChI is InChI=1S/C13H12F3NO2S/c1-2-8-3-4-10-9(7-8)11(18)12(19)17(10)5-6-20-13(14,15)16/h3-4,7H,2,5-6H2,1H3. The number of benzene rings is 1. The molecule has 7 heteroatoms. The summed E-state index contributed by atoms with van der Waals surface area (Å²) in [5, 5.41) is 0. The van der Waals surface area contributed by atoms with Crippen LogP contribution >= 0.6 is 11.8 Å². The van der Waals surface area contributed by atoms with Crippen LogP contribution in [0.2, 0.25) is 0 Å². The summed E-state index contributed by atoms with van der Waals surface area (Å²) < 4.78 is 36.3. The van der Waals surface area contributed by atoms with Crippen LogP contribution in [0.4, 0.5) is 18.9 Å². The van der Waals surface area contributed by atoms with Gasteiger partial charge in [-0.25, -0.2) is 0 Å². The minimum Gasteiger partial charge on any atom is -0.304 e. The summed E-state index contributed by atoms with van der Waals surface area (Å²) in [7, 11) is 0. The second-order valence-corrected chi connectivity index (χ2v) is 5.45. The molecule has 1 aliphatic heterocycles. The van der Waals surface area contributed by atoms with E-state index in [9.17, 15) is 22.8 Å². The lowest BCUT2D eigenvalue weighted by Crippen LogP contribution is -2.32. The van der Waals surface area contributed by atoms with Gasteiger partial charge in [-0.2, -0.15) is 13.2 Å². The van der Waals surface area contributed by atoms with Crippen molar-refractivity contribution in [3.63, 3.8) is 0 Å². The van der Waals surface area contributed by atoms with Crippen LogP contribution in [-0.2, 0) is 11.2 Å². The van der Waals surface area contributed by atoms with Gasteiger partial charge in [-0.15, -0.1) is 0 Å². The number of anilines is 1. The number of amides is 1. The van der Waals surface area contributed by atoms with Crippen molar-refractivity contribution in [1.82, 2.24) is 0 Å². The largest absolute Gasteiger partial charge is 0.441 e. The number of fused-ring (bicyclic) bond motifs is 1. The van der Waals surface area contributed by atoms with Crippen molar-refractivity contribution in [2.24, 2.45) is 0 Å². The fourth-order valence-corrected chi connectivity index (χ4v) is 2.55. The van der Waals surface area contributed by atoms with Gasteiger partial charge in [-0.1, -0.05) is 13.0 Å². The number of aryl methyl sites for hydroxylation is 1. The summed E-state index contributed by atoms with van der Waals surface area (Å²) in [4.78, 5) is 24.7. The highest BCUT2D eigenvalue weighted by Crippen LogP contribution is 2.33. The lowest BCUT2D eigenvalue weighted by Gasteiger charge is -2.16. The quantitative estimate of drug-likeness (QED) is 0.802. The first-order chi connectivity index (χ1) is 9.33. The number of ketones is 1. The third-order valence-corrected chi connectivity index (χ3v) is 3.74. The molecule has 0 N–H and O–H groups in total. The number of hydrogen-bond acceptors (Lipinski definition) is 3. The van der Waals surface area contributed by atoms with Crippen molar-refractivity contribution in [2.75, 3.05) is 17.2 Å². The third-order valence-electron chi connectivity index (χ3n) is 3.02. The Kier molecular flexibility index (Phi) is 4.08. The van der Waals surface area contributed by atoms with Crippen LogP contribution in [0.15, 0.2) is 18.2 Å². The molecule has 0 saturated heterocycles. The highest BCUT2D eigenvalue weighted by atomic mass is 32.2. The average molecular weight is 303 g/mol. The van der Waals surface area contributed by atoms with E-state index in [1.165, 1.54) is 0 Å². The van der Waals surface area contributed by atoms with Crippen molar-refractivity contribution in [2.45, 2.75) is 18.9 Å². The monoisotopic (exact) mass is 303 g/mol. The van der Waals surface area contributed by atoms with Gasteiger partial charge in [0.05, 0.1) is 11.3 Å². The maximum Gasteiger partial charge on any atom is 0.441 e. The predicted molar refractivity (Wildman–Crippen MR) is 71.0 cm³/mol. The molecule has 1 amide bonds. The van der Waals surface area contributed by atoms with Crippen LogP contribution in [-0.4, -0.2) is 29.5 Å². The van der Waals surface area contributed by atoms with E-state index < -0.39 is 17.2 Å². The van der Waals surface area contributed by atoms with E-state index in [1.54, 1.807) is 18.2 Å². The van der Waals surface area contributed by atoms with Gasteiger partial charge in [0.25, 0.3) is 11.7 Å². The van der Waals surface area contributed by atoms with Gasteiger partial charge in [0, 0.05) is 12.3 Å². The number of nitrogens with zero attached hydrogens (tertiary/aromatic N) is 1. The number of thioether (sulfide) groups is 1. The van der Waals surface area contributed by atoms with E-state index >= 15 is 0 Å². The maximum absolute atomic E-state index is 12.1. The predicted octanol–water partition coefficient (Wildman–Crippen LogP) is 3.03. The molecule has 108 valence electrons. The lowest BCUT2D eigenvalue weighted by atomic mass is 10.1. The molecule has 0 aromatic heterocycles. The first-order valence-electron chi connectivity index (χ1n) is 6.03. The van der Waals surface area contributed by atoms with Crippen LogP contribution in [0.3, 0.4) is 0 Å². The summed E-state index contributed by atoms with van der Waals surface area (Å²) in [5.41, 5.74) is -2.73. The first kappa shape index (κ1) is 14.9. The summed E-state index contributed by atoms with van der Waals surface area (Å²) >= 11 is -0.199. The Bertz CT molecular complexity index is 557. The summed E-state index contributed by atoms with van der Waals surface area (Å²) in [5.74, 6) is -1.69. The number of Topliss-reactive ketones (excluding diaryl/α,β-unsaturated/α-hetero) is 1. The number of hydrogen-bond donors (Lipinski definition) is 0. The molecule has 1 aliphatic rings. The molecule has 3 nitrogen and oxygen atoms in total. The van der Waals surface area contributed by atoms with E-state index in [2.05, 4.69) is 0 Å². The molecule has 0 bridgehead atoms. The molecule has 1 aromatic rings. The molecule has 0 spiro atoms. The molecule has 1 aromatic carbocycles. The second-order valence-electron chi connectivity index (χ2n) is 4.29. The number of rotatable bonds is 4. The van der Waals surface area contributed by atoms with Crippen LogP contribution in [0, 0.1) is 0 Å². The Morgan fingerprint density at radius 2 is 1.95 bits per heavy atom. The van der Waals surface area contributed by atoms with Crippen molar-refractivity contribution in [3.8, 4) is 0 Å². The zero-order chi connectivity index (χ0) is 14.9. The fourth-order valence-electron chi connectivity index (χ4n) is 2.04. The lowest BCUT2D eigenvalue weighted by molar-refractivity contribution is -0.114. The van der Waals surface area contributed by atoms with E-state index in [4.69, 9.17) is 0 Å². The Labute approximate surface area is 118 Å². The van der Waals surface area contributed by atoms with Gasteiger partial charge < -0.3 is 4.90 Å². The summed E-state index contributed by atoms with van der Waals surface area (Å²) in [6.45, 7) is 1.79. The highest BCUT2D eigenvalue weighted by molar-refractivity contribution is 8.00. The molecular formula is C13H12F3NO2S. The summed E-state index contributed by atoms with van der Waals surface area (Å²) in [6, 6.07) is 5.02. The Morgan fingerprint density at radius 1 is 1.25 bits per heavy atom. The van der Waals surface area contributed by atoms with Crippen molar-refractivity contribution >= 4 is 29.1 Å². The zero-order valence-electron chi connectivity index (χ0n) is 10.7. The van der Waals surface area contributed by atoms with Gasteiger partial charge >= 0.3 is 5.51 Å². The average Bonchev–Trinajstić information content (AvgIpc) is 2.62. The zero-order valence-corrected chi connectivity index (χ0v) is 11.5. The van der Waals surface area contributed by atoms with Crippen molar-refractivity contribution in [3.05, 3.63) is 29.3 Å². The SMILES string of the molecule is CCc1ccc2c(c1)C(=O)C(=O)N2CCSC(F)(F)F. The molecule has 0 radical (unpaired) electrons. The number of carbonyl (C=O) groups excluding carboxylic acids is 2. The molecule has 0 aliphatic carbocycles. The molecule has 1 heterocycles. The van der Waals surface area contributed by atoms with Crippen LogP contribution in [0.5, 0.6) is 0 Å². The Morgan fingerprint density at radius 3 is 2.55 bits per heavy atom. The van der Waals surface area contributed by atoms with Crippen molar-refractivity contribution in [1.29, 1.82) is 0 Å². The smallest absolute Gasteiger partial charge is 0.304 e. The maximum atomic E-state index is 12.1. The van der Waals surface area contributed by atoms with Gasteiger partial charge in [0.15, 0.2) is 0 Å². The number of alkyl halides is 3. The second kappa shape index (κ2) is 5.47. The Hall–Kier alpha value is -1.50. The van der Waals surface area contributed by atoms with Gasteiger partial charge in [0.1, 0.15) is 0 Å². The van der Waals surface area contributed by atoms with Crippen LogP contribution < -0.4 is 4.90 Å². The summed E-state index contributed by atoms with van der Waals surface area (Å²) in [6.07, 6.45) is 0.721. The Balaban J connectivity index is 2.17. The van der Waals surface area contributed by atoms with Crippen LogP contribution in [0.25, 0.3) is 0 Å². The normalized spacial score (nSPS) is 14.9. The molecule has 0 saturated carbocycles. The molecular weight excluding hydrogens is 291 g/mol. The molecule has 2 rings (SSSR count). The van der Waals surface area contributed by atoms with Crippen LogP contribution in [0.1, 0.15) is 22.8 Å². The third kappa shape index (κ3) is 2.98. The van der Waals surface area contributed by atoms with Crippen molar-refractivity contribution < 1.29 is 22.8 Å². The number of carbonyl (C=O) groups is 2. The number of halogens is 3. The molecule has 0 unspecified atom stereocenters. The van der Waals surface area contributed by atoms with E-state index in [0.717, 1.165) is 16.9 Å². The minimum absolute atomic E-state index is 0.132. The first-order valence-corrected chi connectivity index (χ1v) is 7.02. The minimum atomic E-state index is -4.33. The topological polar surface area (TPSA) is 37.4 Å². The van der Waals surface area contributed by atoms with E-state index in [1.807, 2.05) is 6.92 Å². The van der Waals surface area contributed by atoms with Gasteiger partial charge in [0.2, 0.25) is 0 Å². The van der Waals surface area contributed by atoms with Gasteiger partial charge in [-0.3, -0.25) is 9.59 Å².